The number of hydrogen-bond donors (Lipinski definition) is 2. The summed E-state index contributed by atoms with van der Waals surface area (Å²) in [5.41, 5.74) is 6.00. The quantitative estimate of drug-likeness (QED) is 0.822. The summed E-state index contributed by atoms with van der Waals surface area (Å²) >= 11 is 6.00. The van der Waals surface area contributed by atoms with Gasteiger partial charge >= 0.3 is 0 Å². The number of carbonyl (C=O) groups is 1. The zero-order valence-electron chi connectivity index (χ0n) is 9.83. The highest BCUT2D eigenvalue weighted by molar-refractivity contribution is 6.32. The van der Waals surface area contributed by atoms with E-state index in [1.165, 1.54) is 0 Å². The molecule has 0 heterocycles. The number of amides is 1. The number of hydrogen-bond acceptors (Lipinski definition) is 3. The Bertz CT molecular complexity index is 383. The summed E-state index contributed by atoms with van der Waals surface area (Å²) in [6, 6.07) is 5.18. The molecule has 0 spiro atoms. The highest BCUT2D eigenvalue weighted by Crippen LogP contribution is 2.27. The summed E-state index contributed by atoms with van der Waals surface area (Å²) in [6.07, 6.45) is 1.10. The lowest BCUT2D eigenvalue weighted by molar-refractivity contribution is -0.116. The van der Waals surface area contributed by atoms with Crippen molar-refractivity contribution >= 4 is 23.2 Å². The van der Waals surface area contributed by atoms with Crippen LogP contribution in [-0.4, -0.2) is 19.1 Å². The van der Waals surface area contributed by atoms with Gasteiger partial charge in [0.15, 0.2) is 0 Å². The van der Waals surface area contributed by atoms with Crippen molar-refractivity contribution in [1.29, 1.82) is 0 Å². The van der Waals surface area contributed by atoms with E-state index in [1.807, 2.05) is 6.92 Å². The average molecular weight is 257 g/mol. The molecule has 1 rings (SSSR count). The molecule has 3 N–H and O–H groups in total. The van der Waals surface area contributed by atoms with Crippen molar-refractivity contribution in [1.82, 2.24) is 0 Å². The fraction of sp³-hybridized carbons (Fsp3) is 0.417. The zero-order valence-corrected chi connectivity index (χ0v) is 10.6. The number of ether oxygens (including phenoxy) is 1. The van der Waals surface area contributed by atoms with Crippen LogP contribution in [0.1, 0.15) is 19.8 Å². The third-order valence-electron chi connectivity index (χ3n) is 2.12. The minimum Gasteiger partial charge on any atom is -0.492 e. The smallest absolute Gasteiger partial charge is 0.224 e. The van der Waals surface area contributed by atoms with Crippen LogP contribution in [0.15, 0.2) is 18.2 Å². The van der Waals surface area contributed by atoms with E-state index in [2.05, 4.69) is 5.32 Å². The Hall–Kier alpha value is -1.26. The molecular formula is C12H17ClN2O2. The lowest BCUT2D eigenvalue weighted by atomic mass is 10.2. The molecule has 0 radical (unpaired) electrons. The van der Waals surface area contributed by atoms with E-state index in [1.54, 1.807) is 18.2 Å². The van der Waals surface area contributed by atoms with Crippen LogP contribution in [-0.2, 0) is 4.79 Å². The monoisotopic (exact) mass is 256 g/mol. The summed E-state index contributed by atoms with van der Waals surface area (Å²) in [6.45, 7) is 2.96. The van der Waals surface area contributed by atoms with Crippen LogP contribution in [0.4, 0.5) is 5.69 Å². The number of carbonyl (C=O) groups excluding carboxylic acids is 1. The SMILES string of the molecule is CCOc1ccc(NC(=O)CCCN)cc1Cl. The van der Waals surface area contributed by atoms with Gasteiger partial charge in [-0.2, -0.15) is 0 Å². The van der Waals surface area contributed by atoms with Crippen LogP contribution in [0.5, 0.6) is 5.75 Å². The molecule has 1 aromatic carbocycles. The second-order valence-electron chi connectivity index (χ2n) is 3.52. The van der Waals surface area contributed by atoms with Crippen molar-refractivity contribution in [3.8, 4) is 5.75 Å². The van der Waals surface area contributed by atoms with Crippen molar-refractivity contribution in [3.63, 3.8) is 0 Å². The number of anilines is 1. The first-order valence-electron chi connectivity index (χ1n) is 5.59. The van der Waals surface area contributed by atoms with E-state index < -0.39 is 0 Å². The Balaban J connectivity index is 2.60. The molecule has 0 bridgehead atoms. The number of halogens is 1. The maximum absolute atomic E-state index is 11.5. The molecule has 0 aromatic heterocycles. The molecule has 0 aliphatic carbocycles. The van der Waals surface area contributed by atoms with E-state index in [4.69, 9.17) is 22.1 Å². The van der Waals surface area contributed by atoms with Crippen LogP contribution in [0.2, 0.25) is 5.02 Å². The molecule has 0 aliphatic rings. The third kappa shape index (κ3) is 4.63. The number of nitrogens with one attached hydrogen (secondary N) is 1. The van der Waals surface area contributed by atoms with Crippen molar-refractivity contribution in [2.24, 2.45) is 5.73 Å². The van der Waals surface area contributed by atoms with E-state index in [0.29, 0.717) is 42.5 Å². The lowest BCUT2D eigenvalue weighted by Gasteiger charge is -2.08. The fourth-order valence-electron chi connectivity index (χ4n) is 1.34. The van der Waals surface area contributed by atoms with Gasteiger partial charge in [-0.1, -0.05) is 11.6 Å². The summed E-state index contributed by atoms with van der Waals surface area (Å²) in [5.74, 6) is 0.560. The molecule has 94 valence electrons. The first-order chi connectivity index (χ1) is 8.17. The average Bonchev–Trinajstić information content (AvgIpc) is 2.30. The number of rotatable bonds is 6. The van der Waals surface area contributed by atoms with E-state index in [9.17, 15) is 4.79 Å². The van der Waals surface area contributed by atoms with Gasteiger partial charge in [0.05, 0.1) is 11.6 Å². The van der Waals surface area contributed by atoms with E-state index in [0.717, 1.165) is 0 Å². The van der Waals surface area contributed by atoms with Gasteiger partial charge in [-0.3, -0.25) is 4.79 Å². The number of benzene rings is 1. The van der Waals surface area contributed by atoms with Crippen molar-refractivity contribution in [2.75, 3.05) is 18.5 Å². The molecule has 0 aliphatic heterocycles. The van der Waals surface area contributed by atoms with Crippen molar-refractivity contribution in [3.05, 3.63) is 23.2 Å². The predicted octanol–water partition coefficient (Wildman–Crippen LogP) is 2.42. The van der Waals surface area contributed by atoms with Gasteiger partial charge in [-0.15, -0.1) is 0 Å². The topological polar surface area (TPSA) is 64.3 Å². The Kier molecular flexibility index (Phi) is 5.80. The summed E-state index contributed by atoms with van der Waals surface area (Å²) in [7, 11) is 0. The van der Waals surface area contributed by atoms with Crippen molar-refractivity contribution in [2.45, 2.75) is 19.8 Å². The molecular weight excluding hydrogens is 240 g/mol. The predicted molar refractivity (Wildman–Crippen MR) is 69.5 cm³/mol. The van der Waals surface area contributed by atoms with Gasteiger partial charge in [0.1, 0.15) is 5.75 Å². The van der Waals surface area contributed by atoms with Gasteiger partial charge in [0.2, 0.25) is 5.91 Å². The van der Waals surface area contributed by atoms with Crippen LogP contribution < -0.4 is 15.8 Å². The molecule has 0 saturated heterocycles. The first kappa shape index (κ1) is 13.8. The summed E-state index contributed by atoms with van der Waals surface area (Å²) < 4.78 is 5.30. The minimum atomic E-state index is -0.0596. The molecule has 0 saturated carbocycles. The molecule has 0 fully saturated rings. The highest BCUT2D eigenvalue weighted by Gasteiger charge is 2.05. The summed E-state index contributed by atoms with van der Waals surface area (Å²) in [5, 5.41) is 3.24. The second-order valence-corrected chi connectivity index (χ2v) is 3.93. The molecule has 17 heavy (non-hydrogen) atoms. The van der Waals surface area contributed by atoms with Crippen molar-refractivity contribution < 1.29 is 9.53 Å². The maximum atomic E-state index is 11.5. The minimum absolute atomic E-state index is 0.0596. The van der Waals surface area contributed by atoms with Crippen LogP contribution in [0.25, 0.3) is 0 Å². The summed E-state index contributed by atoms with van der Waals surface area (Å²) in [4.78, 5) is 11.5. The van der Waals surface area contributed by atoms with E-state index >= 15 is 0 Å². The standard InChI is InChI=1S/C12H17ClN2O2/c1-2-17-11-6-5-9(8-10(11)13)15-12(16)4-3-7-14/h5-6,8H,2-4,7,14H2,1H3,(H,15,16). The zero-order chi connectivity index (χ0) is 12.7. The van der Waals surface area contributed by atoms with Gasteiger partial charge in [-0.25, -0.2) is 0 Å². The fourth-order valence-corrected chi connectivity index (χ4v) is 1.57. The molecule has 5 heteroatoms. The first-order valence-corrected chi connectivity index (χ1v) is 5.97. The second kappa shape index (κ2) is 7.14. The highest BCUT2D eigenvalue weighted by atomic mass is 35.5. The van der Waals surface area contributed by atoms with E-state index in [-0.39, 0.29) is 5.91 Å². The molecule has 4 nitrogen and oxygen atoms in total. The molecule has 1 aromatic rings. The van der Waals surface area contributed by atoms with Crippen LogP contribution in [0, 0.1) is 0 Å². The lowest BCUT2D eigenvalue weighted by Crippen LogP contribution is -2.13. The molecule has 1 amide bonds. The maximum Gasteiger partial charge on any atom is 0.224 e. The van der Waals surface area contributed by atoms with Gasteiger partial charge in [0, 0.05) is 12.1 Å². The van der Waals surface area contributed by atoms with Crippen LogP contribution >= 0.6 is 11.6 Å². The molecule has 0 atom stereocenters. The van der Waals surface area contributed by atoms with Gasteiger partial charge < -0.3 is 15.8 Å². The Morgan fingerprint density at radius 1 is 1.53 bits per heavy atom. The molecule has 0 unspecified atom stereocenters. The Morgan fingerprint density at radius 3 is 2.88 bits per heavy atom. The largest absolute Gasteiger partial charge is 0.492 e. The van der Waals surface area contributed by atoms with Gasteiger partial charge in [0.25, 0.3) is 0 Å². The Morgan fingerprint density at radius 2 is 2.29 bits per heavy atom. The third-order valence-corrected chi connectivity index (χ3v) is 2.42. The normalized spacial score (nSPS) is 10.1. The van der Waals surface area contributed by atoms with Gasteiger partial charge in [-0.05, 0) is 38.1 Å². The van der Waals surface area contributed by atoms with Crippen LogP contribution in [0.3, 0.4) is 0 Å². The number of nitrogens with two attached hydrogens (primary N) is 1. The Labute approximate surface area is 106 Å².